The molecule has 5 rings (SSSR count). The van der Waals surface area contributed by atoms with Crippen molar-refractivity contribution >= 4 is 22.4 Å². The normalized spacial score (nSPS) is 18.4. The fourth-order valence-corrected chi connectivity index (χ4v) is 4.44. The first-order chi connectivity index (χ1) is 14.2. The van der Waals surface area contributed by atoms with Gasteiger partial charge < -0.3 is 15.2 Å². The van der Waals surface area contributed by atoms with Crippen LogP contribution in [0, 0.1) is 0 Å². The number of allylic oxidation sites excluding steroid dienone is 1. The van der Waals surface area contributed by atoms with Gasteiger partial charge in [-0.3, -0.25) is 4.79 Å². The molecule has 5 heteroatoms. The average Bonchev–Trinajstić information content (AvgIpc) is 3.19. The van der Waals surface area contributed by atoms with Crippen molar-refractivity contribution in [1.82, 2.24) is 15.2 Å². The van der Waals surface area contributed by atoms with Crippen LogP contribution in [0.4, 0.5) is 4.79 Å². The minimum atomic E-state index is -0.0488. The van der Waals surface area contributed by atoms with E-state index in [4.69, 9.17) is 0 Å². The fraction of sp³-hybridized carbons (Fsp3) is 0.250. The highest BCUT2D eigenvalue weighted by molar-refractivity contribution is 5.93. The molecule has 2 N–H and O–H groups in total. The van der Waals surface area contributed by atoms with Gasteiger partial charge in [-0.15, -0.1) is 0 Å². The molecule has 0 saturated carbocycles. The van der Waals surface area contributed by atoms with E-state index in [1.807, 2.05) is 41.3 Å². The maximum atomic E-state index is 12.7. The quantitative estimate of drug-likeness (QED) is 0.695. The van der Waals surface area contributed by atoms with Crippen LogP contribution in [0.2, 0.25) is 0 Å². The molecule has 2 heterocycles. The van der Waals surface area contributed by atoms with Crippen molar-refractivity contribution in [3.05, 3.63) is 87.8 Å². The number of rotatable bonds is 2. The van der Waals surface area contributed by atoms with Crippen LogP contribution in [0.25, 0.3) is 16.3 Å². The highest BCUT2D eigenvalue weighted by Crippen LogP contribution is 2.30. The molecule has 5 nitrogen and oxygen atoms in total. The third-order valence-electron chi connectivity index (χ3n) is 6.00. The smallest absolute Gasteiger partial charge is 0.318 e. The number of benzene rings is 2. The molecule has 0 spiro atoms. The average molecular weight is 385 g/mol. The number of hydrogen-bond donors (Lipinski definition) is 2. The third kappa shape index (κ3) is 3.33. The molecular formula is C24H23N3O2. The molecule has 2 aliphatic rings. The predicted molar refractivity (Wildman–Crippen MR) is 114 cm³/mol. The molecule has 2 amide bonds. The summed E-state index contributed by atoms with van der Waals surface area (Å²) in [5.41, 5.74) is 4.24. The van der Waals surface area contributed by atoms with E-state index in [-0.39, 0.29) is 17.6 Å². The SMILES string of the molecule is O=C(NC1CC=C(c2c(=O)[nH]cc3ccccc23)CC1)N1Cc2ccccc2C1. The lowest BCUT2D eigenvalue weighted by molar-refractivity contribution is 0.193. The molecule has 1 atom stereocenters. The van der Waals surface area contributed by atoms with E-state index in [0.717, 1.165) is 41.2 Å². The largest absolute Gasteiger partial charge is 0.335 e. The Labute approximate surface area is 169 Å². The minimum absolute atomic E-state index is 0.00828. The molecule has 1 aliphatic heterocycles. The van der Waals surface area contributed by atoms with Gasteiger partial charge in [-0.25, -0.2) is 4.79 Å². The van der Waals surface area contributed by atoms with Crippen molar-refractivity contribution in [3.63, 3.8) is 0 Å². The van der Waals surface area contributed by atoms with Gasteiger partial charge in [0.15, 0.2) is 0 Å². The van der Waals surface area contributed by atoms with Crippen LogP contribution < -0.4 is 10.9 Å². The first kappa shape index (κ1) is 17.7. The molecule has 2 aromatic carbocycles. The topological polar surface area (TPSA) is 65.2 Å². The lowest BCUT2D eigenvalue weighted by atomic mass is 9.89. The zero-order chi connectivity index (χ0) is 19.8. The molecule has 0 fully saturated rings. The summed E-state index contributed by atoms with van der Waals surface area (Å²) in [5, 5.41) is 5.20. The van der Waals surface area contributed by atoms with E-state index in [0.29, 0.717) is 13.1 Å². The number of aromatic nitrogens is 1. The van der Waals surface area contributed by atoms with Crippen LogP contribution in [0.1, 0.15) is 36.0 Å². The predicted octanol–water partition coefficient (Wildman–Crippen LogP) is 4.19. The van der Waals surface area contributed by atoms with E-state index in [1.165, 1.54) is 11.1 Å². The maximum Gasteiger partial charge on any atom is 0.318 e. The van der Waals surface area contributed by atoms with Crippen LogP contribution >= 0.6 is 0 Å². The zero-order valence-electron chi connectivity index (χ0n) is 16.2. The number of amides is 2. The maximum absolute atomic E-state index is 12.7. The Morgan fingerprint density at radius 3 is 2.48 bits per heavy atom. The third-order valence-corrected chi connectivity index (χ3v) is 6.00. The van der Waals surface area contributed by atoms with E-state index >= 15 is 0 Å². The number of carbonyl (C=O) groups excluding carboxylic acids is 1. The van der Waals surface area contributed by atoms with Crippen molar-refractivity contribution in [2.75, 3.05) is 0 Å². The second-order valence-corrected chi connectivity index (χ2v) is 7.85. The summed E-state index contributed by atoms with van der Waals surface area (Å²) >= 11 is 0. The second kappa shape index (κ2) is 7.24. The Bertz CT molecular complexity index is 1150. The highest BCUT2D eigenvalue weighted by Gasteiger charge is 2.26. The summed E-state index contributed by atoms with van der Waals surface area (Å²) in [4.78, 5) is 29.9. The van der Waals surface area contributed by atoms with Gasteiger partial charge in [-0.05, 0) is 46.7 Å². The van der Waals surface area contributed by atoms with Gasteiger partial charge in [0.1, 0.15) is 0 Å². The number of H-pyrrole nitrogens is 1. The Balaban J connectivity index is 1.29. The Hall–Kier alpha value is -3.34. The van der Waals surface area contributed by atoms with Crippen LogP contribution in [0.15, 0.2) is 65.6 Å². The molecule has 3 aromatic rings. The summed E-state index contributed by atoms with van der Waals surface area (Å²) in [6, 6.07) is 16.2. The summed E-state index contributed by atoms with van der Waals surface area (Å²) in [6.45, 7) is 1.34. The number of carbonyl (C=O) groups is 1. The van der Waals surface area contributed by atoms with Gasteiger partial charge in [0.25, 0.3) is 5.56 Å². The van der Waals surface area contributed by atoms with E-state index in [9.17, 15) is 9.59 Å². The number of nitrogens with one attached hydrogen (secondary N) is 2. The van der Waals surface area contributed by atoms with Crippen molar-refractivity contribution in [1.29, 1.82) is 0 Å². The number of nitrogens with zero attached hydrogens (tertiary/aromatic N) is 1. The molecule has 29 heavy (non-hydrogen) atoms. The summed E-state index contributed by atoms with van der Waals surface area (Å²) in [7, 11) is 0. The van der Waals surface area contributed by atoms with Gasteiger partial charge in [0, 0.05) is 25.3 Å². The lowest BCUT2D eigenvalue weighted by Crippen LogP contribution is -2.43. The molecule has 1 aromatic heterocycles. The van der Waals surface area contributed by atoms with E-state index in [2.05, 4.69) is 28.5 Å². The van der Waals surface area contributed by atoms with Crippen LogP contribution in [-0.4, -0.2) is 22.0 Å². The number of fused-ring (bicyclic) bond motifs is 2. The van der Waals surface area contributed by atoms with E-state index < -0.39 is 0 Å². The summed E-state index contributed by atoms with van der Waals surface area (Å²) in [6.07, 6.45) is 6.24. The van der Waals surface area contributed by atoms with Crippen LogP contribution in [0.3, 0.4) is 0 Å². The molecule has 0 saturated heterocycles. The summed E-state index contributed by atoms with van der Waals surface area (Å²) in [5.74, 6) is 0. The number of urea groups is 1. The fourth-order valence-electron chi connectivity index (χ4n) is 4.44. The molecule has 0 radical (unpaired) electrons. The molecule has 0 bridgehead atoms. The minimum Gasteiger partial charge on any atom is -0.335 e. The standard InChI is InChI=1S/C24H23N3O2/c28-23-22(21-8-4-3-5-17(21)13-25-23)16-9-11-20(12-10-16)26-24(29)27-14-18-6-1-2-7-19(18)15-27/h1-9,13,20H,10-12,14-15H2,(H,25,28)(H,26,29). The Kier molecular flexibility index (Phi) is 4.43. The van der Waals surface area contributed by atoms with Gasteiger partial charge in [-0.2, -0.15) is 0 Å². The molecular weight excluding hydrogens is 362 g/mol. The Morgan fingerprint density at radius 1 is 1.03 bits per heavy atom. The lowest BCUT2D eigenvalue weighted by Gasteiger charge is -2.26. The van der Waals surface area contributed by atoms with Gasteiger partial charge in [0.2, 0.25) is 0 Å². The number of pyridine rings is 1. The highest BCUT2D eigenvalue weighted by atomic mass is 16.2. The van der Waals surface area contributed by atoms with Crippen molar-refractivity contribution in [3.8, 4) is 0 Å². The molecule has 146 valence electrons. The Morgan fingerprint density at radius 2 is 1.76 bits per heavy atom. The van der Waals surface area contributed by atoms with Crippen LogP contribution in [0.5, 0.6) is 0 Å². The summed E-state index contributed by atoms with van der Waals surface area (Å²) < 4.78 is 0. The first-order valence-electron chi connectivity index (χ1n) is 10.1. The molecule has 1 aliphatic carbocycles. The monoisotopic (exact) mass is 385 g/mol. The van der Waals surface area contributed by atoms with Gasteiger partial charge in [-0.1, -0.05) is 54.6 Å². The zero-order valence-corrected chi connectivity index (χ0v) is 16.2. The molecule has 1 unspecified atom stereocenters. The van der Waals surface area contributed by atoms with Crippen LogP contribution in [-0.2, 0) is 13.1 Å². The van der Waals surface area contributed by atoms with Crippen molar-refractivity contribution in [2.45, 2.75) is 38.4 Å². The van der Waals surface area contributed by atoms with Gasteiger partial charge in [0.05, 0.1) is 5.56 Å². The van der Waals surface area contributed by atoms with Crippen molar-refractivity contribution in [2.24, 2.45) is 0 Å². The second-order valence-electron chi connectivity index (χ2n) is 7.85. The number of aromatic amines is 1. The van der Waals surface area contributed by atoms with Crippen molar-refractivity contribution < 1.29 is 4.79 Å². The van der Waals surface area contributed by atoms with E-state index in [1.54, 1.807) is 6.20 Å². The number of hydrogen-bond acceptors (Lipinski definition) is 2. The first-order valence-corrected chi connectivity index (χ1v) is 10.1. The van der Waals surface area contributed by atoms with Gasteiger partial charge >= 0.3 is 6.03 Å².